The number of carbonyl (C=O) groups is 1. The van der Waals surface area contributed by atoms with Crippen LogP contribution in [-0.2, 0) is 6.54 Å². The van der Waals surface area contributed by atoms with Gasteiger partial charge in [-0.15, -0.1) is 0 Å². The molecule has 2 nitrogen and oxygen atoms in total. The highest BCUT2D eigenvalue weighted by Crippen LogP contribution is 2.13. The summed E-state index contributed by atoms with van der Waals surface area (Å²) in [5.41, 5.74) is 2.04. The van der Waals surface area contributed by atoms with Crippen molar-refractivity contribution in [1.82, 2.24) is 4.57 Å². The lowest BCUT2D eigenvalue weighted by Gasteiger charge is -2.03. The van der Waals surface area contributed by atoms with Gasteiger partial charge in [0.1, 0.15) is 0 Å². The van der Waals surface area contributed by atoms with Gasteiger partial charge in [-0.2, -0.15) is 0 Å². The van der Waals surface area contributed by atoms with Crippen LogP contribution in [0.3, 0.4) is 0 Å². The lowest BCUT2D eigenvalue weighted by molar-refractivity contribution is 0.0981. The summed E-state index contributed by atoms with van der Waals surface area (Å²) in [6.07, 6.45) is 5.42. The van der Waals surface area contributed by atoms with Crippen molar-refractivity contribution in [3.05, 3.63) is 58.3 Å². The first-order chi connectivity index (χ1) is 8.69. The molecule has 0 atom stereocenters. The van der Waals surface area contributed by atoms with E-state index in [-0.39, 0.29) is 5.78 Å². The maximum absolute atomic E-state index is 11.7. The summed E-state index contributed by atoms with van der Waals surface area (Å²) < 4.78 is 3.13. The maximum atomic E-state index is 11.7. The second kappa shape index (κ2) is 6.01. The standard InChI is InChI=1S/C15H16BrNO/c1-2-3-15(18)13-8-9-17(11-13)10-12-4-6-14(16)7-5-12/h4-9,11H,2-3,10H2,1H3. The summed E-state index contributed by atoms with van der Waals surface area (Å²) in [5, 5.41) is 0. The van der Waals surface area contributed by atoms with Crippen molar-refractivity contribution in [2.45, 2.75) is 26.3 Å². The third-order valence-corrected chi connectivity index (χ3v) is 3.36. The minimum absolute atomic E-state index is 0.229. The highest BCUT2D eigenvalue weighted by molar-refractivity contribution is 9.10. The van der Waals surface area contributed by atoms with Gasteiger partial charge in [-0.25, -0.2) is 0 Å². The number of nitrogens with zero attached hydrogens (tertiary/aromatic N) is 1. The predicted octanol–water partition coefficient (Wildman–Crippen LogP) is 4.28. The Morgan fingerprint density at radius 1 is 1.22 bits per heavy atom. The second-order valence-electron chi connectivity index (χ2n) is 4.37. The molecule has 0 aliphatic heterocycles. The average Bonchev–Trinajstić information content (AvgIpc) is 2.81. The normalized spacial score (nSPS) is 10.6. The van der Waals surface area contributed by atoms with Crippen molar-refractivity contribution < 1.29 is 4.79 Å². The van der Waals surface area contributed by atoms with Crippen LogP contribution >= 0.6 is 15.9 Å². The molecule has 1 heterocycles. The number of ketones is 1. The van der Waals surface area contributed by atoms with Crippen LogP contribution < -0.4 is 0 Å². The second-order valence-corrected chi connectivity index (χ2v) is 5.29. The SMILES string of the molecule is CCCC(=O)c1ccn(Cc2ccc(Br)cc2)c1. The van der Waals surface area contributed by atoms with Gasteiger partial charge in [-0.05, 0) is 30.2 Å². The summed E-state index contributed by atoms with van der Waals surface area (Å²) in [4.78, 5) is 11.7. The van der Waals surface area contributed by atoms with E-state index in [2.05, 4.69) is 28.1 Å². The zero-order chi connectivity index (χ0) is 13.0. The van der Waals surface area contributed by atoms with Crippen LogP contribution in [0.4, 0.5) is 0 Å². The Bertz CT molecular complexity index is 528. The molecular weight excluding hydrogens is 290 g/mol. The number of halogens is 1. The number of hydrogen-bond donors (Lipinski definition) is 0. The topological polar surface area (TPSA) is 22.0 Å². The molecule has 1 aromatic heterocycles. The number of aromatic nitrogens is 1. The molecule has 0 aliphatic carbocycles. The summed E-state index contributed by atoms with van der Waals surface area (Å²) >= 11 is 3.42. The van der Waals surface area contributed by atoms with Gasteiger partial charge >= 0.3 is 0 Å². The molecule has 3 heteroatoms. The molecule has 0 radical (unpaired) electrons. The number of Topliss-reactive ketones (excluding diaryl/α,β-unsaturated/α-hetero) is 1. The molecule has 0 aliphatic rings. The highest BCUT2D eigenvalue weighted by atomic mass is 79.9. The fraction of sp³-hybridized carbons (Fsp3) is 0.267. The van der Waals surface area contributed by atoms with Crippen molar-refractivity contribution in [3.8, 4) is 0 Å². The fourth-order valence-electron chi connectivity index (χ4n) is 1.88. The molecule has 0 bridgehead atoms. The van der Waals surface area contributed by atoms with E-state index in [9.17, 15) is 4.79 Å². The molecule has 0 saturated heterocycles. The van der Waals surface area contributed by atoms with E-state index in [4.69, 9.17) is 0 Å². The van der Waals surface area contributed by atoms with Crippen molar-refractivity contribution in [1.29, 1.82) is 0 Å². The third-order valence-electron chi connectivity index (χ3n) is 2.83. The van der Waals surface area contributed by atoms with Crippen molar-refractivity contribution >= 4 is 21.7 Å². The molecule has 0 saturated carbocycles. The van der Waals surface area contributed by atoms with Crippen LogP contribution in [0.2, 0.25) is 0 Å². The molecule has 0 amide bonds. The minimum atomic E-state index is 0.229. The average molecular weight is 306 g/mol. The molecule has 0 unspecified atom stereocenters. The number of rotatable bonds is 5. The Labute approximate surface area is 116 Å². The summed E-state index contributed by atoms with van der Waals surface area (Å²) in [7, 11) is 0. The third kappa shape index (κ3) is 3.33. The summed E-state index contributed by atoms with van der Waals surface area (Å²) in [5.74, 6) is 0.229. The molecule has 2 rings (SSSR count). The monoisotopic (exact) mass is 305 g/mol. The van der Waals surface area contributed by atoms with Gasteiger partial charge in [0.25, 0.3) is 0 Å². The molecular formula is C15H16BrNO. The van der Waals surface area contributed by atoms with Crippen LogP contribution in [0, 0.1) is 0 Å². The summed E-state index contributed by atoms with van der Waals surface area (Å²) in [6, 6.07) is 10.1. The van der Waals surface area contributed by atoms with Gasteiger partial charge < -0.3 is 4.57 Å². The predicted molar refractivity (Wildman–Crippen MR) is 76.9 cm³/mol. The molecule has 18 heavy (non-hydrogen) atoms. The number of hydrogen-bond acceptors (Lipinski definition) is 1. The van der Waals surface area contributed by atoms with Crippen LogP contribution in [0.1, 0.15) is 35.7 Å². The number of benzene rings is 1. The van der Waals surface area contributed by atoms with E-state index in [0.29, 0.717) is 6.42 Å². The zero-order valence-electron chi connectivity index (χ0n) is 10.4. The van der Waals surface area contributed by atoms with Gasteiger partial charge in [0.15, 0.2) is 5.78 Å². The quantitative estimate of drug-likeness (QED) is 0.756. The maximum Gasteiger partial charge on any atom is 0.164 e. The Hall–Kier alpha value is -1.35. The smallest absolute Gasteiger partial charge is 0.164 e. The van der Waals surface area contributed by atoms with E-state index in [0.717, 1.165) is 23.0 Å². The first-order valence-corrected chi connectivity index (χ1v) is 6.91. The Kier molecular flexibility index (Phi) is 4.37. The first kappa shape index (κ1) is 13.1. The number of carbonyl (C=O) groups excluding carboxylic acids is 1. The van der Waals surface area contributed by atoms with E-state index >= 15 is 0 Å². The first-order valence-electron chi connectivity index (χ1n) is 6.12. The fourth-order valence-corrected chi connectivity index (χ4v) is 2.14. The Morgan fingerprint density at radius 2 is 1.94 bits per heavy atom. The molecule has 2 aromatic rings. The van der Waals surface area contributed by atoms with Crippen LogP contribution in [0.25, 0.3) is 0 Å². The van der Waals surface area contributed by atoms with Gasteiger partial charge in [0.05, 0.1) is 0 Å². The van der Waals surface area contributed by atoms with Gasteiger partial charge in [0, 0.05) is 35.4 Å². The largest absolute Gasteiger partial charge is 0.349 e. The van der Waals surface area contributed by atoms with E-state index in [1.54, 1.807) is 0 Å². The Balaban J connectivity index is 2.06. The van der Waals surface area contributed by atoms with Crippen molar-refractivity contribution in [2.24, 2.45) is 0 Å². The van der Waals surface area contributed by atoms with Crippen LogP contribution in [0.15, 0.2) is 47.2 Å². The lowest BCUT2D eigenvalue weighted by atomic mass is 10.1. The van der Waals surface area contributed by atoms with E-state index in [1.165, 1.54) is 5.56 Å². The van der Waals surface area contributed by atoms with Crippen LogP contribution in [-0.4, -0.2) is 10.4 Å². The van der Waals surface area contributed by atoms with Gasteiger partial charge in [-0.1, -0.05) is 35.0 Å². The molecule has 0 N–H and O–H groups in total. The van der Waals surface area contributed by atoms with Crippen LogP contribution in [0.5, 0.6) is 0 Å². The summed E-state index contributed by atoms with van der Waals surface area (Å²) in [6.45, 7) is 2.82. The molecule has 94 valence electrons. The Morgan fingerprint density at radius 3 is 2.61 bits per heavy atom. The van der Waals surface area contributed by atoms with Gasteiger partial charge in [0.2, 0.25) is 0 Å². The van der Waals surface area contributed by atoms with E-state index in [1.807, 2.05) is 42.1 Å². The highest BCUT2D eigenvalue weighted by Gasteiger charge is 2.06. The van der Waals surface area contributed by atoms with E-state index < -0.39 is 0 Å². The van der Waals surface area contributed by atoms with Gasteiger partial charge in [-0.3, -0.25) is 4.79 Å². The van der Waals surface area contributed by atoms with Crippen molar-refractivity contribution in [3.63, 3.8) is 0 Å². The molecule has 0 spiro atoms. The zero-order valence-corrected chi connectivity index (χ0v) is 12.0. The van der Waals surface area contributed by atoms with Crippen molar-refractivity contribution in [2.75, 3.05) is 0 Å². The molecule has 0 fully saturated rings. The minimum Gasteiger partial charge on any atom is -0.349 e. The lowest BCUT2D eigenvalue weighted by Crippen LogP contribution is -1.98. The molecule has 1 aromatic carbocycles.